The lowest BCUT2D eigenvalue weighted by molar-refractivity contribution is -0.117. The van der Waals surface area contributed by atoms with E-state index in [0.717, 1.165) is 5.56 Å². The quantitative estimate of drug-likeness (QED) is 0.324. The molecule has 7 heteroatoms. The van der Waals surface area contributed by atoms with Crippen molar-refractivity contribution in [3.63, 3.8) is 0 Å². The van der Waals surface area contributed by atoms with Crippen LogP contribution in [-0.2, 0) is 11.2 Å². The van der Waals surface area contributed by atoms with Crippen molar-refractivity contribution >= 4 is 17.4 Å². The predicted molar refractivity (Wildman–Crippen MR) is 120 cm³/mol. The second kappa shape index (κ2) is 8.17. The van der Waals surface area contributed by atoms with E-state index in [9.17, 15) is 19.2 Å². The maximum absolute atomic E-state index is 14.1. The van der Waals surface area contributed by atoms with Gasteiger partial charge in [-0.2, -0.15) is 10.4 Å². The van der Waals surface area contributed by atoms with Gasteiger partial charge in [0.1, 0.15) is 11.5 Å². The highest BCUT2D eigenvalue weighted by atomic mass is 19.1. The highest BCUT2D eigenvalue weighted by Crippen LogP contribution is 2.40. The summed E-state index contributed by atoms with van der Waals surface area (Å²) in [5.41, 5.74) is 3.88. The minimum atomic E-state index is -1.58. The van der Waals surface area contributed by atoms with Crippen LogP contribution < -0.4 is 5.32 Å². The molecule has 0 saturated heterocycles. The zero-order chi connectivity index (χ0) is 22.9. The van der Waals surface area contributed by atoms with Crippen molar-refractivity contribution in [3.05, 3.63) is 102 Å². The summed E-state index contributed by atoms with van der Waals surface area (Å²) in [5.74, 6) is -3.38. The van der Waals surface area contributed by atoms with Crippen LogP contribution in [0.4, 0.5) is 10.1 Å². The number of carbonyl (C=O) groups is 2. The molecule has 4 aromatic rings. The first kappa shape index (κ1) is 20.3. The molecule has 0 aliphatic heterocycles. The van der Waals surface area contributed by atoms with Crippen LogP contribution in [-0.4, -0.2) is 21.5 Å². The third kappa shape index (κ3) is 3.58. The number of hydrogen-bond acceptors (Lipinski definition) is 4. The number of anilines is 1. The third-order valence-corrected chi connectivity index (χ3v) is 5.61. The standard InChI is InChI=1S/C26H17FN4O2/c27-17-12-11-16-13-21-23(25(32)22(15-28)26(33)29-18-7-3-1-4-8-18)30-31(24(21)20(16)14-17)19-9-5-2-6-10-19/h1-12,14,22H,13H2,(H,29,33). The fourth-order valence-corrected chi connectivity index (χ4v) is 4.07. The Hall–Kier alpha value is -4.57. The molecule has 0 saturated carbocycles. The Morgan fingerprint density at radius 2 is 1.73 bits per heavy atom. The number of aromatic nitrogens is 2. The van der Waals surface area contributed by atoms with Gasteiger partial charge in [-0.3, -0.25) is 9.59 Å². The molecule has 5 rings (SSSR count). The highest BCUT2D eigenvalue weighted by Gasteiger charge is 2.36. The highest BCUT2D eigenvalue weighted by molar-refractivity contribution is 6.16. The molecule has 1 heterocycles. The molecule has 1 amide bonds. The number of carbonyl (C=O) groups excluding carboxylic acids is 2. The van der Waals surface area contributed by atoms with Gasteiger partial charge in [-0.25, -0.2) is 9.07 Å². The van der Waals surface area contributed by atoms with Gasteiger partial charge in [-0.15, -0.1) is 0 Å². The number of ketones is 1. The van der Waals surface area contributed by atoms with Crippen molar-refractivity contribution in [3.8, 4) is 23.0 Å². The van der Waals surface area contributed by atoms with E-state index in [2.05, 4.69) is 10.4 Å². The number of nitrogens with zero attached hydrogens (tertiary/aromatic N) is 3. The van der Waals surface area contributed by atoms with Crippen LogP contribution in [0.3, 0.4) is 0 Å². The number of para-hydroxylation sites is 2. The number of nitrogens with one attached hydrogen (secondary N) is 1. The zero-order valence-electron chi connectivity index (χ0n) is 17.3. The van der Waals surface area contributed by atoms with Gasteiger partial charge in [-0.1, -0.05) is 42.5 Å². The lowest BCUT2D eigenvalue weighted by atomic mass is 9.98. The number of rotatable bonds is 5. The summed E-state index contributed by atoms with van der Waals surface area (Å²) in [4.78, 5) is 26.2. The normalized spacial score (nSPS) is 12.4. The molecular formula is C26H17FN4O2. The molecule has 1 N–H and O–H groups in total. The molecule has 1 aliphatic carbocycles. The van der Waals surface area contributed by atoms with Gasteiger partial charge >= 0.3 is 0 Å². The molecule has 3 aromatic carbocycles. The minimum Gasteiger partial charge on any atom is -0.325 e. The molecule has 1 atom stereocenters. The molecule has 0 fully saturated rings. The number of hydrogen-bond donors (Lipinski definition) is 1. The Labute approximate surface area is 188 Å². The molecule has 160 valence electrons. The van der Waals surface area contributed by atoms with E-state index in [-0.39, 0.29) is 5.69 Å². The summed E-state index contributed by atoms with van der Waals surface area (Å²) >= 11 is 0. The largest absolute Gasteiger partial charge is 0.325 e. The van der Waals surface area contributed by atoms with Crippen LogP contribution in [0.1, 0.15) is 21.6 Å². The van der Waals surface area contributed by atoms with E-state index in [1.165, 1.54) is 12.1 Å². The lowest BCUT2D eigenvalue weighted by Crippen LogP contribution is -2.29. The van der Waals surface area contributed by atoms with Gasteiger partial charge in [0.25, 0.3) is 0 Å². The van der Waals surface area contributed by atoms with E-state index < -0.39 is 23.4 Å². The Kier molecular flexibility index (Phi) is 5.04. The molecule has 0 radical (unpaired) electrons. The molecule has 1 aromatic heterocycles. The van der Waals surface area contributed by atoms with Crippen LogP contribution in [0.15, 0.2) is 78.9 Å². The average molecular weight is 436 g/mol. The monoisotopic (exact) mass is 436 g/mol. The Balaban J connectivity index is 1.58. The maximum Gasteiger partial charge on any atom is 0.249 e. The van der Waals surface area contributed by atoms with E-state index in [4.69, 9.17) is 0 Å². The van der Waals surface area contributed by atoms with E-state index >= 15 is 0 Å². The summed E-state index contributed by atoms with van der Waals surface area (Å²) < 4.78 is 15.6. The minimum absolute atomic E-state index is 0.0419. The molecule has 0 bridgehead atoms. The molecule has 1 unspecified atom stereocenters. The maximum atomic E-state index is 14.1. The van der Waals surface area contributed by atoms with Gasteiger partial charge in [-0.05, 0) is 42.0 Å². The fraction of sp³-hybridized carbons (Fsp3) is 0.0769. The molecule has 33 heavy (non-hydrogen) atoms. The van der Waals surface area contributed by atoms with Gasteiger partial charge in [0.05, 0.1) is 17.5 Å². The second-order valence-electron chi connectivity index (χ2n) is 7.68. The van der Waals surface area contributed by atoms with Gasteiger partial charge in [0.15, 0.2) is 5.92 Å². The van der Waals surface area contributed by atoms with Crippen molar-refractivity contribution in [2.75, 3.05) is 5.32 Å². The number of halogens is 1. The van der Waals surface area contributed by atoms with Crippen LogP contribution in [0.25, 0.3) is 16.9 Å². The van der Waals surface area contributed by atoms with Crippen molar-refractivity contribution in [2.24, 2.45) is 5.92 Å². The first-order chi connectivity index (χ1) is 16.1. The fourth-order valence-electron chi connectivity index (χ4n) is 4.07. The third-order valence-electron chi connectivity index (χ3n) is 5.61. The Bertz CT molecular complexity index is 1420. The summed E-state index contributed by atoms with van der Waals surface area (Å²) in [7, 11) is 0. The topological polar surface area (TPSA) is 87.8 Å². The van der Waals surface area contributed by atoms with Crippen molar-refractivity contribution in [1.82, 2.24) is 9.78 Å². The van der Waals surface area contributed by atoms with Gasteiger partial charge < -0.3 is 5.32 Å². The lowest BCUT2D eigenvalue weighted by Gasteiger charge is -2.09. The van der Waals surface area contributed by atoms with E-state index in [0.29, 0.717) is 34.6 Å². The second-order valence-corrected chi connectivity index (χ2v) is 7.68. The number of amides is 1. The summed E-state index contributed by atoms with van der Waals surface area (Å²) in [5, 5.41) is 16.8. The number of fused-ring (bicyclic) bond motifs is 3. The number of benzene rings is 3. The molecule has 0 spiro atoms. The van der Waals surface area contributed by atoms with Crippen molar-refractivity contribution in [2.45, 2.75) is 6.42 Å². The first-order valence-electron chi connectivity index (χ1n) is 10.3. The van der Waals surface area contributed by atoms with Gasteiger partial charge in [0, 0.05) is 23.2 Å². The van der Waals surface area contributed by atoms with Crippen LogP contribution >= 0.6 is 0 Å². The molecule has 1 aliphatic rings. The summed E-state index contributed by atoms with van der Waals surface area (Å²) in [6.07, 6.45) is 0.358. The van der Waals surface area contributed by atoms with Crippen LogP contribution in [0, 0.1) is 23.1 Å². The smallest absolute Gasteiger partial charge is 0.249 e. The summed E-state index contributed by atoms with van der Waals surface area (Å²) in [6.45, 7) is 0. The Morgan fingerprint density at radius 1 is 1.03 bits per heavy atom. The summed E-state index contributed by atoms with van der Waals surface area (Å²) in [6, 6.07) is 24.1. The molecular weight excluding hydrogens is 419 g/mol. The number of nitriles is 1. The first-order valence-corrected chi connectivity index (χ1v) is 10.3. The SMILES string of the molecule is N#CC(C(=O)Nc1ccccc1)C(=O)c1nn(-c2ccccc2)c2c1Cc1ccc(F)cc1-2. The van der Waals surface area contributed by atoms with Crippen LogP contribution in [0.2, 0.25) is 0 Å². The van der Waals surface area contributed by atoms with E-state index in [1.54, 1.807) is 41.1 Å². The Morgan fingerprint density at radius 3 is 2.42 bits per heavy atom. The van der Waals surface area contributed by atoms with Crippen molar-refractivity contribution in [1.29, 1.82) is 5.26 Å². The molecule has 6 nitrogen and oxygen atoms in total. The number of Topliss-reactive ketones (excluding diaryl/α,β-unsaturated/α-hetero) is 1. The van der Waals surface area contributed by atoms with Crippen LogP contribution in [0.5, 0.6) is 0 Å². The van der Waals surface area contributed by atoms with Crippen molar-refractivity contribution < 1.29 is 14.0 Å². The average Bonchev–Trinajstić information content (AvgIpc) is 3.38. The van der Waals surface area contributed by atoms with E-state index in [1.807, 2.05) is 36.4 Å². The van der Waals surface area contributed by atoms with Gasteiger partial charge in [0.2, 0.25) is 11.7 Å². The predicted octanol–water partition coefficient (Wildman–Crippen LogP) is 4.54. The zero-order valence-corrected chi connectivity index (χ0v) is 17.3.